The molecule has 0 aliphatic rings. The molecule has 0 N–H and O–H groups in total. The van der Waals surface area contributed by atoms with Crippen LogP contribution in [0.15, 0.2) is 35.2 Å². The van der Waals surface area contributed by atoms with Gasteiger partial charge in [-0.15, -0.1) is 23.1 Å². The molecule has 0 bridgehead atoms. The summed E-state index contributed by atoms with van der Waals surface area (Å²) in [5.41, 5.74) is 0. The molecule has 1 heterocycles. The van der Waals surface area contributed by atoms with Crippen LogP contribution in [0.2, 0.25) is 0 Å². The van der Waals surface area contributed by atoms with Crippen LogP contribution in [0.3, 0.4) is 0 Å². The number of thioether (sulfide) groups is 1. The summed E-state index contributed by atoms with van der Waals surface area (Å²) in [7, 11) is 0. The Kier molecular flexibility index (Phi) is 4.71. The predicted octanol–water partition coefficient (Wildman–Crippen LogP) is 4.56. The van der Waals surface area contributed by atoms with Gasteiger partial charge in [0, 0.05) is 9.77 Å². The van der Waals surface area contributed by atoms with E-state index in [1.54, 1.807) is 6.07 Å². The van der Waals surface area contributed by atoms with Gasteiger partial charge in [0.1, 0.15) is 11.6 Å². The van der Waals surface area contributed by atoms with Gasteiger partial charge in [-0.1, -0.05) is 6.92 Å². The van der Waals surface area contributed by atoms with Crippen molar-refractivity contribution in [2.24, 2.45) is 0 Å². The summed E-state index contributed by atoms with van der Waals surface area (Å²) in [6.45, 7) is 2.02. The molecule has 0 radical (unpaired) electrons. The van der Waals surface area contributed by atoms with Gasteiger partial charge in [-0.05, 0) is 36.8 Å². The van der Waals surface area contributed by atoms with Crippen molar-refractivity contribution in [2.75, 3.05) is 5.75 Å². The van der Waals surface area contributed by atoms with Crippen LogP contribution < -0.4 is 0 Å². The fourth-order valence-electron chi connectivity index (χ4n) is 1.52. The van der Waals surface area contributed by atoms with Crippen LogP contribution in [0.1, 0.15) is 21.5 Å². The highest BCUT2D eigenvalue weighted by molar-refractivity contribution is 8.00. The van der Waals surface area contributed by atoms with Crippen LogP contribution in [0.5, 0.6) is 0 Å². The topological polar surface area (TPSA) is 17.1 Å². The molecular formula is C14H12F2OS2. The van der Waals surface area contributed by atoms with Crippen molar-refractivity contribution in [3.8, 4) is 0 Å². The zero-order valence-electron chi connectivity index (χ0n) is 10.3. The smallest absolute Gasteiger partial charge is 0.182 e. The minimum atomic E-state index is -0.500. The number of benzene rings is 1. The number of ketones is 1. The molecular weight excluding hydrogens is 286 g/mol. The molecule has 2 aromatic rings. The van der Waals surface area contributed by atoms with E-state index in [-0.39, 0.29) is 16.4 Å². The molecule has 2 rings (SSSR count). The second-order valence-electron chi connectivity index (χ2n) is 3.91. The highest BCUT2D eigenvalue weighted by Crippen LogP contribution is 2.25. The van der Waals surface area contributed by atoms with Crippen LogP contribution in [0.25, 0.3) is 0 Å². The second kappa shape index (κ2) is 6.30. The van der Waals surface area contributed by atoms with E-state index in [4.69, 9.17) is 0 Å². The summed E-state index contributed by atoms with van der Waals surface area (Å²) in [6, 6.07) is 6.95. The number of carbonyl (C=O) groups excluding carboxylic acids is 1. The number of Topliss-reactive ketones (excluding diaryl/α,β-unsaturated/α-hetero) is 1. The molecule has 19 heavy (non-hydrogen) atoms. The van der Waals surface area contributed by atoms with E-state index >= 15 is 0 Å². The maximum Gasteiger partial charge on any atom is 0.182 e. The Labute approximate surface area is 118 Å². The Morgan fingerprint density at radius 2 is 2.05 bits per heavy atom. The van der Waals surface area contributed by atoms with Gasteiger partial charge in [-0.2, -0.15) is 0 Å². The molecule has 1 aromatic heterocycles. The molecule has 0 saturated carbocycles. The monoisotopic (exact) mass is 298 g/mol. The fourth-order valence-corrected chi connectivity index (χ4v) is 3.34. The lowest BCUT2D eigenvalue weighted by molar-refractivity contribution is 0.102. The summed E-state index contributed by atoms with van der Waals surface area (Å²) < 4.78 is 26.4. The van der Waals surface area contributed by atoms with Crippen molar-refractivity contribution in [2.45, 2.75) is 18.2 Å². The Morgan fingerprint density at radius 3 is 2.74 bits per heavy atom. The van der Waals surface area contributed by atoms with Crippen molar-refractivity contribution < 1.29 is 13.6 Å². The van der Waals surface area contributed by atoms with E-state index in [0.717, 1.165) is 41.3 Å². The van der Waals surface area contributed by atoms with Gasteiger partial charge in [-0.3, -0.25) is 4.79 Å². The lowest BCUT2D eigenvalue weighted by atomic mass is 10.3. The third kappa shape index (κ3) is 3.64. The first-order valence-electron chi connectivity index (χ1n) is 5.80. The number of aryl methyl sites for hydroxylation is 1. The summed E-state index contributed by atoms with van der Waals surface area (Å²) in [4.78, 5) is 13.9. The number of carbonyl (C=O) groups is 1. The maximum absolute atomic E-state index is 13.4. The normalized spacial score (nSPS) is 10.7. The molecule has 0 unspecified atom stereocenters. The SMILES string of the molecule is CCc1ccc(C(=O)CSc2cc(F)ccc2F)s1. The van der Waals surface area contributed by atoms with E-state index in [9.17, 15) is 13.6 Å². The van der Waals surface area contributed by atoms with Crippen LogP contribution in [0.4, 0.5) is 8.78 Å². The average Bonchev–Trinajstić information content (AvgIpc) is 2.88. The Morgan fingerprint density at radius 1 is 1.26 bits per heavy atom. The third-order valence-corrected chi connectivity index (χ3v) is 4.84. The largest absolute Gasteiger partial charge is 0.292 e. The molecule has 0 spiro atoms. The molecule has 0 aliphatic heterocycles. The first kappa shape index (κ1) is 14.2. The van der Waals surface area contributed by atoms with E-state index in [2.05, 4.69) is 0 Å². The fraction of sp³-hybridized carbons (Fsp3) is 0.214. The van der Waals surface area contributed by atoms with Gasteiger partial charge in [0.15, 0.2) is 5.78 Å². The van der Waals surface area contributed by atoms with Crippen molar-refractivity contribution in [3.05, 3.63) is 51.7 Å². The number of rotatable bonds is 5. The molecule has 0 aliphatic carbocycles. The zero-order valence-corrected chi connectivity index (χ0v) is 11.9. The van der Waals surface area contributed by atoms with Crippen LogP contribution in [-0.2, 0) is 6.42 Å². The van der Waals surface area contributed by atoms with E-state index < -0.39 is 11.6 Å². The zero-order chi connectivity index (χ0) is 13.8. The van der Waals surface area contributed by atoms with Gasteiger partial charge in [0.05, 0.1) is 10.6 Å². The van der Waals surface area contributed by atoms with E-state index in [0.29, 0.717) is 4.88 Å². The summed E-state index contributed by atoms with van der Waals surface area (Å²) in [5, 5.41) is 0. The quantitative estimate of drug-likeness (QED) is 0.594. The van der Waals surface area contributed by atoms with Gasteiger partial charge < -0.3 is 0 Å². The molecule has 1 aromatic carbocycles. The standard InChI is InChI=1S/C14H12F2OS2/c1-2-10-4-6-13(19-10)12(17)8-18-14-7-9(15)3-5-11(14)16/h3-7H,2,8H2,1H3. The van der Waals surface area contributed by atoms with Crippen LogP contribution in [-0.4, -0.2) is 11.5 Å². The first-order valence-corrected chi connectivity index (χ1v) is 7.60. The highest BCUT2D eigenvalue weighted by Gasteiger charge is 2.11. The van der Waals surface area contributed by atoms with E-state index in [1.165, 1.54) is 11.3 Å². The molecule has 0 fully saturated rings. The number of halogens is 2. The molecule has 0 amide bonds. The lowest BCUT2D eigenvalue weighted by Gasteiger charge is -2.02. The van der Waals surface area contributed by atoms with Gasteiger partial charge in [0.2, 0.25) is 0 Å². The minimum Gasteiger partial charge on any atom is -0.292 e. The minimum absolute atomic E-state index is 0.0571. The summed E-state index contributed by atoms with van der Waals surface area (Å²) >= 11 is 2.48. The van der Waals surface area contributed by atoms with Gasteiger partial charge in [-0.25, -0.2) is 8.78 Å². The van der Waals surface area contributed by atoms with Crippen LogP contribution >= 0.6 is 23.1 Å². The summed E-state index contributed by atoms with van der Waals surface area (Å²) in [6.07, 6.45) is 0.892. The van der Waals surface area contributed by atoms with Gasteiger partial charge in [0.25, 0.3) is 0 Å². The summed E-state index contributed by atoms with van der Waals surface area (Å²) in [5.74, 6) is -0.942. The van der Waals surface area contributed by atoms with Crippen molar-refractivity contribution >= 4 is 28.9 Å². The lowest BCUT2D eigenvalue weighted by Crippen LogP contribution is -1.99. The molecule has 5 heteroatoms. The van der Waals surface area contributed by atoms with Crippen molar-refractivity contribution in [3.63, 3.8) is 0 Å². The van der Waals surface area contributed by atoms with E-state index in [1.807, 2.05) is 13.0 Å². The van der Waals surface area contributed by atoms with Crippen molar-refractivity contribution in [1.82, 2.24) is 0 Å². The molecule has 0 atom stereocenters. The van der Waals surface area contributed by atoms with Gasteiger partial charge >= 0.3 is 0 Å². The molecule has 0 saturated heterocycles. The Balaban J connectivity index is 2.02. The number of hydrogen-bond acceptors (Lipinski definition) is 3. The van der Waals surface area contributed by atoms with Crippen molar-refractivity contribution in [1.29, 1.82) is 0 Å². The Bertz CT molecular complexity index is 593. The number of thiophene rings is 1. The second-order valence-corrected chi connectivity index (χ2v) is 6.09. The predicted molar refractivity (Wildman–Crippen MR) is 75.1 cm³/mol. The highest BCUT2D eigenvalue weighted by atomic mass is 32.2. The molecule has 1 nitrogen and oxygen atoms in total. The third-order valence-electron chi connectivity index (χ3n) is 2.54. The average molecular weight is 298 g/mol. The Hall–Kier alpha value is -1.20. The molecule has 100 valence electrons. The van der Waals surface area contributed by atoms with Crippen LogP contribution in [0, 0.1) is 11.6 Å². The maximum atomic E-state index is 13.4. The first-order chi connectivity index (χ1) is 9.10. The number of hydrogen-bond donors (Lipinski definition) is 0.